The summed E-state index contributed by atoms with van der Waals surface area (Å²) >= 11 is 0. The molecule has 5 heteroatoms. The summed E-state index contributed by atoms with van der Waals surface area (Å²) in [6, 6.07) is 20.1. The maximum Gasteiger partial charge on any atom is 0.238 e. The van der Waals surface area contributed by atoms with Gasteiger partial charge in [-0.2, -0.15) is 4.57 Å². The van der Waals surface area contributed by atoms with Gasteiger partial charge in [-0.15, -0.1) is 0 Å². The van der Waals surface area contributed by atoms with Crippen molar-refractivity contribution in [1.29, 1.82) is 0 Å². The first kappa shape index (κ1) is 24.0. The van der Waals surface area contributed by atoms with Crippen LogP contribution in [0.2, 0.25) is 0 Å². The highest BCUT2D eigenvalue weighted by Gasteiger charge is 2.27. The highest BCUT2D eigenvalue weighted by atomic mass is 15.1. The Hall–Kier alpha value is -4.12. The van der Waals surface area contributed by atoms with Gasteiger partial charge >= 0.3 is 0 Å². The van der Waals surface area contributed by atoms with Crippen molar-refractivity contribution in [1.82, 2.24) is 19.4 Å². The van der Waals surface area contributed by atoms with Gasteiger partial charge in [0.05, 0.1) is 16.4 Å². The van der Waals surface area contributed by atoms with Gasteiger partial charge < -0.3 is 4.40 Å². The normalized spacial score (nSPS) is 13.1. The molecule has 5 nitrogen and oxygen atoms in total. The van der Waals surface area contributed by atoms with Gasteiger partial charge in [0.15, 0.2) is 12.0 Å². The van der Waals surface area contributed by atoms with Gasteiger partial charge in [-0.1, -0.05) is 77.9 Å². The highest BCUT2D eigenvalue weighted by Crippen LogP contribution is 2.41. The Balaban J connectivity index is 1.64. The van der Waals surface area contributed by atoms with Crippen molar-refractivity contribution in [2.45, 2.75) is 59.3 Å². The third-order valence-corrected chi connectivity index (χ3v) is 7.99. The van der Waals surface area contributed by atoms with Crippen molar-refractivity contribution in [3.8, 4) is 11.4 Å². The topological polar surface area (TPSA) is 47.0 Å². The van der Waals surface area contributed by atoms with Crippen LogP contribution in [0.4, 0.5) is 0 Å². The molecule has 3 aromatic carbocycles. The largest absolute Gasteiger partial charge is 0.303 e. The monoisotopic (exact) mass is 512 g/mol. The highest BCUT2D eigenvalue weighted by molar-refractivity contribution is 6.25. The van der Waals surface area contributed by atoms with E-state index in [-0.39, 0.29) is 10.8 Å². The summed E-state index contributed by atoms with van der Waals surface area (Å²) in [5.74, 6) is 2.38. The van der Waals surface area contributed by atoms with Gasteiger partial charge in [0.2, 0.25) is 5.52 Å². The van der Waals surface area contributed by atoms with E-state index in [1.54, 1.807) is 0 Å². The molecule has 0 spiro atoms. The molecule has 0 aliphatic rings. The molecule has 7 rings (SSSR count). The number of pyridine rings is 2. The molecule has 0 N–H and O–H groups in total. The number of hydrogen-bond donors (Lipinski definition) is 0. The van der Waals surface area contributed by atoms with Crippen LogP contribution in [-0.2, 0) is 17.9 Å². The minimum absolute atomic E-state index is 0.182. The van der Waals surface area contributed by atoms with E-state index >= 15 is 0 Å². The molecule has 0 atom stereocenters. The number of benzene rings is 3. The lowest BCUT2D eigenvalue weighted by molar-refractivity contribution is -0.644. The van der Waals surface area contributed by atoms with Gasteiger partial charge in [-0.3, -0.25) is 0 Å². The number of aromatic nitrogens is 5. The minimum atomic E-state index is -0.182. The Morgan fingerprint density at radius 2 is 1.44 bits per heavy atom. The molecule has 0 aliphatic carbocycles. The Morgan fingerprint density at radius 3 is 2.13 bits per heavy atom. The fourth-order valence-electron chi connectivity index (χ4n) is 5.96. The first-order valence-electron chi connectivity index (χ1n) is 13.7. The van der Waals surface area contributed by atoms with Crippen molar-refractivity contribution >= 4 is 49.0 Å². The molecule has 0 saturated carbocycles. The van der Waals surface area contributed by atoms with Crippen LogP contribution in [0, 0.1) is 6.92 Å². The molecule has 0 aliphatic heterocycles. The zero-order valence-corrected chi connectivity index (χ0v) is 24.0. The van der Waals surface area contributed by atoms with Crippen LogP contribution >= 0.6 is 0 Å². The maximum atomic E-state index is 5.00. The van der Waals surface area contributed by atoms with Gasteiger partial charge in [0.1, 0.15) is 24.2 Å². The van der Waals surface area contributed by atoms with E-state index in [0.717, 1.165) is 23.0 Å². The minimum Gasteiger partial charge on any atom is -0.303 e. The predicted molar refractivity (Wildman–Crippen MR) is 161 cm³/mol. The van der Waals surface area contributed by atoms with E-state index in [4.69, 9.17) is 15.0 Å². The van der Waals surface area contributed by atoms with E-state index in [0.29, 0.717) is 0 Å². The van der Waals surface area contributed by atoms with Gasteiger partial charge in [-0.25, -0.2) is 15.0 Å². The van der Waals surface area contributed by atoms with Crippen molar-refractivity contribution < 1.29 is 4.57 Å². The Bertz CT molecular complexity index is 2070. The summed E-state index contributed by atoms with van der Waals surface area (Å²) in [5.41, 5.74) is 6.85. The average molecular weight is 513 g/mol. The second-order valence-corrected chi connectivity index (χ2v) is 13.0. The van der Waals surface area contributed by atoms with Gasteiger partial charge in [0.25, 0.3) is 0 Å². The Labute approximate surface area is 228 Å². The molecule has 39 heavy (non-hydrogen) atoms. The number of hydrogen-bond acceptors (Lipinski definition) is 3. The molecule has 4 heterocycles. The van der Waals surface area contributed by atoms with Crippen LogP contribution in [0.1, 0.15) is 58.8 Å². The Kier molecular flexibility index (Phi) is 4.74. The summed E-state index contributed by atoms with van der Waals surface area (Å²) in [5, 5.41) is 6.39. The van der Waals surface area contributed by atoms with Crippen molar-refractivity contribution in [3.63, 3.8) is 0 Å². The summed E-state index contributed by atoms with van der Waals surface area (Å²) < 4.78 is 4.72. The molecule has 194 valence electrons. The molecule has 0 saturated heterocycles. The summed E-state index contributed by atoms with van der Waals surface area (Å²) in [6.07, 6.45) is 2.19. The summed E-state index contributed by atoms with van der Waals surface area (Å²) in [7, 11) is 2.15. The maximum absolute atomic E-state index is 5.00. The molecular formula is C34H34N5+. The van der Waals surface area contributed by atoms with E-state index < -0.39 is 0 Å². The number of rotatable bonds is 1. The van der Waals surface area contributed by atoms with Crippen LogP contribution in [0.15, 0.2) is 60.8 Å². The van der Waals surface area contributed by atoms with Gasteiger partial charge in [-0.05, 0) is 30.0 Å². The summed E-state index contributed by atoms with van der Waals surface area (Å²) in [4.78, 5) is 14.9. The fraction of sp³-hybridized carbons (Fsp3) is 0.294. The van der Waals surface area contributed by atoms with Crippen LogP contribution < -0.4 is 4.57 Å². The predicted octanol–water partition coefficient (Wildman–Crippen LogP) is 7.57. The van der Waals surface area contributed by atoms with Crippen LogP contribution in [0.5, 0.6) is 0 Å². The second kappa shape index (κ2) is 7.72. The first-order chi connectivity index (χ1) is 18.4. The summed E-state index contributed by atoms with van der Waals surface area (Å²) in [6.45, 7) is 15.2. The Morgan fingerprint density at radius 1 is 0.718 bits per heavy atom. The van der Waals surface area contributed by atoms with Crippen LogP contribution in [0.25, 0.3) is 60.4 Å². The fourth-order valence-corrected chi connectivity index (χ4v) is 5.96. The average Bonchev–Trinajstić information content (AvgIpc) is 3.22. The molecule has 0 radical (unpaired) electrons. The van der Waals surface area contributed by atoms with Crippen LogP contribution in [-0.4, -0.2) is 19.4 Å². The molecule has 0 unspecified atom stereocenters. The third kappa shape index (κ3) is 3.38. The lowest BCUT2D eigenvalue weighted by Gasteiger charge is -2.22. The molecule has 0 fully saturated rings. The lowest BCUT2D eigenvalue weighted by Crippen LogP contribution is -2.28. The zero-order valence-electron chi connectivity index (χ0n) is 24.0. The molecule has 4 aromatic heterocycles. The SMILES string of the molecule is Cc1ccc2cccc3c2c1c1c2c(cc[n+]1C)c1ccc(-c4nc(C(C)(C)C)nc(C(C)(C)C)n4)cc1n32. The van der Waals surface area contributed by atoms with E-state index in [2.05, 4.69) is 125 Å². The molecule has 0 amide bonds. The number of aryl methyl sites for hydroxylation is 2. The standard InChI is InChI=1S/C34H34N5/c1-19-12-13-20-10-9-11-24-27(20)26(19)29-28-23(16-17-38(29)8)22-15-14-21(18-25(22)39(24)28)30-35-31(33(2,3)4)37-32(36-30)34(5,6)7/h9-18H,1-8H3/q+1. The molecule has 0 bridgehead atoms. The zero-order chi connectivity index (χ0) is 27.4. The molecule has 7 aromatic rings. The first-order valence-corrected chi connectivity index (χ1v) is 13.7. The van der Waals surface area contributed by atoms with E-state index in [1.165, 1.54) is 54.6 Å². The van der Waals surface area contributed by atoms with E-state index in [1.807, 2.05) is 0 Å². The smallest absolute Gasteiger partial charge is 0.238 e. The number of nitrogens with zero attached hydrogens (tertiary/aromatic N) is 5. The quantitative estimate of drug-likeness (QED) is 0.129. The molecular weight excluding hydrogens is 478 g/mol. The number of fused-ring (bicyclic) bond motifs is 5. The lowest BCUT2D eigenvalue weighted by atomic mass is 9.93. The van der Waals surface area contributed by atoms with Gasteiger partial charge in [0, 0.05) is 38.6 Å². The van der Waals surface area contributed by atoms with Crippen LogP contribution in [0.3, 0.4) is 0 Å². The second-order valence-electron chi connectivity index (χ2n) is 13.0. The van der Waals surface area contributed by atoms with Crippen molar-refractivity contribution in [2.24, 2.45) is 7.05 Å². The van der Waals surface area contributed by atoms with Crippen molar-refractivity contribution in [2.75, 3.05) is 0 Å². The van der Waals surface area contributed by atoms with Crippen molar-refractivity contribution in [3.05, 3.63) is 78.0 Å². The third-order valence-electron chi connectivity index (χ3n) is 7.99. The van der Waals surface area contributed by atoms with E-state index in [9.17, 15) is 0 Å².